The molecule has 2 rings (SSSR count). The Labute approximate surface area is 105 Å². The Bertz CT molecular complexity index is 383. The van der Waals surface area contributed by atoms with Crippen molar-refractivity contribution in [1.29, 1.82) is 0 Å². The Morgan fingerprint density at radius 3 is 2.76 bits per heavy atom. The summed E-state index contributed by atoms with van der Waals surface area (Å²) in [6.07, 6.45) is 2.52. The zero-order valence-electron chi connectivity index (χ0n) is 9.89. The lowest BCUT2D eigenvalue weighted by Gasteiger charge is -2.30. The van der Waals surface area contributed by atoms with Gasteiger partial charge in [-0.1, -0.05) is 0 Å². The molecule has 2 heterocycles. The van der Waals surface area contributed by atoms with E-state index in [4.69, 9.17) is 9.84 Å². The molecule has 17 heavy (non-hydrogen) atoms. The Hall–Kier alpha value is -0.910. The van der Waals surface area contributed by atoms with Gasteiger partial charge in [0.2, 0.25) is 0 Å². The van der Waals surface area contributed by atoms with Gasteiger partial charge in [0, 0.05) is 31.6 Å². The number of rotatable bonds is 4. The Morgan fingerprint density at radius 2 is 2.24 bits per heavy atom. The molecule has 0 amide bonds. The van der Waals surface area contributed by atoms with Crippen LogP contribution in [0.3, 0.4) is 0 Å². The van der Waals surface area contributed by atoms with Crippen LogP contribution in [0.25, 0.3) is 0 Å². The van der Waals surface area contributed by atoms with E-state index in [-0.39, 0.29) is 0 Å². The summed E-state index contributed by atoms with van der Waals surface area (Å²) >= 11 is 1.37. The average molecular weight is 255 g/mol. The lowest BCUT2D eigenvalue weighted by atomic mass is 10.1. The predicted molar refractivity (Wildman–Crippen MR) is 66.6 cm³/mol. The number of nitrogens with zero attached hydrogens (tertiary/aromatic N) is 1. The minimum atomic E-state index is -0.834. The summed E-state index contributed by atoms with van der Waals surface area (Å²) in [4.78, 5) is 14.7. The molecule has 0 unspecified atom stereocenters. The van der Waals surface area contributed by atoms with Crippen molar-refractivity contribution in [2.24, 2.45) is 0 Å². The van der Waals surface area contributed by atoms with Crippen LogP contribution in [0.2, 0.25) is 0 Å². The minimum Gasteiger partial charge on any atom is -0.477 e. The topological polar surface area (TPSA) is 49.8 Å². The smallest absolute Gasteiger partial charge is 0.345 e. The Balaban J connectivity index is 1.86. The van der Waals surface area contributed by atoms with E-state index in [1.54, 1.807) is 13.2 Å². The number of piperidine rings is 1. The largest absolute Gasteiger partial charge is 0.477 e. The van der Waals surface area contributed by atoms with Gasteiger partial charge < -0.3 is 9.84 Å². The third-order valence-electron chi connectivity index (χ3n) is 3.12. The summed E-state index contributed by atoms with van der Waals surface area (Å²) in [5.74, 6) is -0.834. The molecule has 1 fully saturated rings. The number of hydrogen-bond donors (Lipinski definition) is 1. The third-order valence-corrected chi connectivity index (χ3v) is 4.18. The molecule has 1 aromatic rings. The number of hydrogen-bond acceptors (Lipinski definition) is 4. The normalized spacial score (nSPS) is 18.4. The minimum absolute atomic E-state index is 0.393. The van der Waals surface area contributed by atoms with Crippen molar-refractivity contribution in [2.45, 2.75) is 25.5 Å². The fourth-order valence-corrected chi connectivity index (χ4v) is 2.99. The molecule has 1 aromatic heterocycles. The molecule has 0 radical (unpaired) electrons. The summed E-state index contributed by atoms with van der Waals surface area (Å²) in [6, 6.07) is 3.60. The molecule has 0 atom stereocenters. The van der Waals surface area contributed by atoms with Crippen molar-refractivity contribution < 1.29 is 14.6 Å². The van der Waals surface area contributed by atoms with Gasteiger partial charge in [0.15, 0.2) is 0 Å². The van der Waals surface area contributed by atoms with Gasteiger partial charge in [-0.15, -0.1) is 11.3 Å². The van der Waals surface area contributed by atoms with Crippen LogP contribution in [0.4, 0.5) is 0 Å². The van der Waals surface area contributed by atoms with E-state index in [0.29, 0.717) is 11.0 Å². The second-order valence-electron chi connectivity index (χ2n) is 4.28. The average Bonchev–Trinajstić information content (AvgIpc) is 2.79. The van der Waals surface area contributed by atoms with E-state index in [9.17, 15) is 4.79 Å². The number of carbonyl (C=O) groups is 1. The van der Waals surface area contributed by atoms with E-state index >= 15 is 0 Å². The SMILES string of the molecule is COC1CCN(Cc2ccc(C(=O)O)s2)CC1. The molecular weight excluding hydrogens is 238 g/mol. The maximum atomic E-state index is 10.8. The standard InChI is InChI=1S/C12H17NO3S/c1-16-9-4-6-13(7-5-9)8-10-2-3-11(17-10)12(14)15/h2-3,9H,4-8H2,1H3,(H,14,15). The maximum absolute atomic E-state index is 10.8. The van der Waals surface area contributed by atoms with Crippen molar-refractivity contribution in [3.8, 4) is 0 Å². The first-order valence-corrected chi connectivity index (χ1v) is 6.58. The van der Waals surface area contributed by atoms with E-state index in [0.717, 1.165) is 37.4 Å². The van der Waals surface area contributed by atoms with Crippen molar-refractivity contribution >= 4 is 17.3 Å². The molecule has 0 bridgehead atoms. The van der Waals surface area contributed by atoms with Crippen LogP contribution in [0.15, 0.2) is 12.1 Å². The van der Waals surface area contributed by atoms with Crippen molar-refractivity contribution in [3.63, 3.8) is 0 Å². The van der Waals surface area contributed by atoms with Crippen molar-refractivity contribution in [3.05, 3.63) is 21.9 Å². The molecule has 1 aliphatic rings. The molecule has 1 N–H and O–H groups in total. The second kappa shape index (κ2) is 5.62. The number of likely N-dealkylation sites (tertiary alicyclic amines) is 1. The van der Waals surface area contributed by atoms with Crippen LogP contribution in [-0.4, -0.2) is 42.3 Å². The number of thiophene rings is 1. The van der Waals surface area contributed by atoms with Crippen LogP contribution in [0.1, 0.15) is 27.4 Å². The molecule has 0 aromatic carbocycles. The van der Waals surface area contributed by atoms with Gasteiger partial charge in [-0.25, -0.2) is 4.79 Å². The summed E-state index contributed by atoms with van der Waals surface area (Å²) in [6.45, 7) is 2.91. The van der Waals surface area contributed by atoms with Crippen LogP contribution in [-0.2, 0) is 11.3 Å². The highest BCUT2D eigenvalue weighted by Gasteiger charge is 2.19. The number of carboxylic acid groups (broad SMARTS) is 1. The molecule has 1 aliphatic heterocycles. The molecule has 0 saturated carbocycles. The molecular formula is C12H17NO3S. The van der Waals surface area contributed by atoms with E-state index in [1.807, 2.05) is 6.07 Å². The summed E-state index contributed by atoms with van der Waals surface area (Å²) in [7, 11) is 1.76. The number of carboxylic acids is 1. The molecule has 1 saturated heterocycles. The summed E-state index contributed by atoms with van der Waals surface area (Å²) < 4.78 is 5.32. The highest BCUT2D eigenvalue weighted by atomic mass is 32.1. The van der Waals surface area contributed by atoms with Crippen LogP contribution in [0.5, 0.6) is 0 Å². The first-order valence-electron chi connectivity index (χ1n) is 5.76. The van der Waals surface area contributed by atoms with Crippen LogP contribution < -0.4 is 0 Å². The zero-order valence-corrected chi connectivity index (χ0v) is 10.7. The highest BCUT2D eigenvalue weighted by Crippen LogP contribution is 2.21. The molecule has 0 spiro atoms. The Morgan fingerprint density at radius 1 is 1.53 bits per heavy atom. The third kappa shape index (κ3) is 3.28. The first kappa shape index (κ1) is 12.5. The van der Waals surface area contributed by atoms with Gasteiger partial charge in [0.05, 0.1) is 6.10 Å². The second-order valence-corrected chi connectivity index (χ2v) is 5.45. The van der Waals surface area contributed by atoms with Gasteiger partial charge in [-0.3, -0.25) is 4.90 Å². The lowest BCUT2D eigenvalue weighted by Crippen LogP contribution is -2.35. The quantitative estimate of drug-likeness (QED) is 0.894. The van der Waals surface area contributed by atoms with Crippen molar-refractivity contribution in [2.75, 3.05) is 20.2 Å². The van der Waals surface area contributed by atoms with E-state index in [1.165, 1.54) is 11.3 Å². The number of ether oxygens (including phenoxy) is 1. The monoisotopic (exact) mass is 255 g/mol. The fraction of sp³-hybridized carbons (Fsp3) is 0.583. The van der Waals surface area contributed by atoms with Gasteiger partial charge in [-0.2, -0.15) is 0 Å². The molecule has 94 valence electrons. The molecule has 0 aliphatic carbocycles. The van der Waals surface area contributed by atoms with Gasteiger partial charge in [-0.05, 0) is 25.0 Å². The Kier molecular flexibility index (Phi) is 4.15. The van der Waals surface area contributed by atoms with Crippen molar-refractivity contribution in [1.82, 2.24) is 4.90 Å². The van der Waals surface area contributed by atoms with E-state index < -0.39 is 5.97 Å². The maximum Gasteiger partial charge on any atom is 0.345 e. The zero-order chi connectivity index (χ0) is 12.3. The van der Waals surface area contributed by atoms with Gasteiger partial charge in [0.1, 0.15) is 4.88 Å². The highest BCUT2D eigenvalue weighted by molar-refractivity contribution is 7.13. The molecule has 4 nitrogen and oxygen atoms in total. The van der Waals surface area contributed by atoms with Crippen LogP contribution >= 0.6 is 11.3 Å². The number of methoxy groups -OCH3 is 1. The lowest BCUT2D eigenvalue weighted by molar-refractivity contribution is 0.0391. The van der Waals surface area contributed by atoms with Gasteiger partial charge in [0.25, 0.3) is 0 Å². The molecule has 5 heteroatoms. The fourth-order valence-electron chi connectivity index (χ4n) is 2.10. The summed E-state index contributed by atoms with van der Waals surface area (Å²) in [5.41, 5.74) is 0. The summed E-state index contributed by atoms with van der Waals surface area (Å²) in [5, 5.41) is 8.85. The first-order chi connectivity index (χ1) is 8.19. The predicted octanol–water partition coefficient (Wildman–Crippen LogP) is 2.06. The van der Waals surface area contributed by atoms with E-state index in [2.05, 4.69) is 4.90 Å². The van der Waals surface area contributed by atoms with Gasteiger partial charge >= 0.3 is 5.97 Å². The number of aromatic carboxylic acids is 1. The van der Waals surface area contributed by atoms with Crippen LogP contribution in [0, 0.1) is 0 Å².